The van der Waals surface area contributed by atoms with Crippen LogP contribution < -0.4 is 5.73 Å². The molecule has 25 heavy (non-hydrogen) atoms. The molecule has 1 saturated heterocycles. The van der Waals surface area contributed by atoms with E-state index in [1.165, 1.54) is 5.56 Å². The first-order chi connectivity index (χ1) is 12.1. The van der Waals surface area contributed by atoms with Crippen molar-refractivity contribution in [1.82, 2.24) is 4.90 Å². The van der Waals surface area contributed by atoms with Crippen LogP contribution in [0.4, 0.5) is 0 Å². The van der Waals surface area contributed by atoms with Gasteiger partial charge in [-0.3, -0.25) is 9.59 Å². The van der Waals surface area contributed by atoms with E-state index in [1.807, 2.05) is 41.3 Å². The molecule has 3 rings (SSSR count). The van der Waals surface area contributed by atoms with Crippen molar-refractivity contribution < 1.29 is 9.59 Å². The number of likely N-dealkylation sites (tertiary alicyclic amines) is 1. The van der Waals surface area contributed by atoms with Crippen LogP contribution in [0, 0.1) is 6.92 Å². The zero-order valence-electron chi connectivity index (χ0n) is 14.6. The minimum atomic E-state index is -0.349. The third kappa shape index (κ3) is 3.90. The summed E-state index contributed by atoms with van der Waals surface area (Å²) >= 11 is 0. The van der Waals surface area contributed by atoms with Crippen LogP contribution in [-0.2, 0) is 4.79 Å². The first-order valence-corrected chi connectivity index (χ1v) is 8.81. The van der Waals surface area contributed by atoms with Gasteiger partial charge in [0.15, 0.2) is 0 Å². The Bertz CT molecular complexity index is 785. The van der Waals surface area contributed by atoms with Gasteiger partial charge in [0.2, 0.25) is 5.91 Å². The molecule has 0 spiro atoms. The van der Waals surface area contributed by atoms with Crippen molar-refractivity contribution in [2.45, 2.75) is 38.6 Å². The Hall–Kier alpha value is -2.62. The molecule has 0 unspecified atom stereocenters. The Morgan fingerprint density at radius 1 is 1.12 bits per heavy atom. The van der Waals surface area contributed by atoms with Gasteiger partial charge in [-0.25, -0.2) is 0 Å². The minimum absolute atomic E-state index is 0.0126. The van der Waals surface area contributed by atoms with E-state index < -0.39 is 0 Å². The van der Waals surface area contributed by atoms with E-state index in [2.05, 4.69) is 19.1 Å². The van der Waals surface area contributed by atoms with Crippen LogP contribution in [-0.4, -0.2) is 29.3 Å². The zero-order chi connectivity index (χ0) is 17.8. The quantitative estimate of drug-likeness (QED) is 0.928. The summed E-state index contributed by atoms with van der Waals surface area (Å²) < 4.78 is 0. The van der Waals surface area contributed by atoms with Crippen LogP contribution in [0.15, 0.2) is 48.5 Å². The normalized spacial score (nSPS) is 17.3. The van der Waals surface area contributed by atoms with Crippen LogP contribution >= 0.6 is 0 Å². The largest absolute Gasteiger partial charge is 0.370 e. The SMILES string of the molecule is Cc1ccccc1-c1cccc(C(=O)N2CCCC[C@H]2CC(N)=O)c1. The molecule has 1 aliphatic rings. The predicted octanol–water partition coefficient (Wildman–Crippen LogP) is 3.53. The maximum Gasteiger partial charge on any atom is 0.254 e. The molecule has 4 nitrogen and oxygen atoms in total. The number of amides is 2. The van der Waals surface area contributed by atoms with Crippen LogP contribution in [0.5, 0.6) is 0 Å². The van der Waals surface area contributed by atoms with Crippen LogP contribution in [0.1, 0.15) is 41.6 Å². The highest BCUT2D eigenvalue weighted by Gasteiger charge is 2.28. The number of nitrogens with zero attached hydrogens (tertiary/aromatic N) is 1. The second kappa shape index (κ2) is 7.51. The Morgan fingerprint density at radius 2 is 1.92 bits per heavy atom. The fourth-order valence-electron chi connectivity index (χ4n) is 3.59. The van der Waals surface area contributed by atoms with Crippen molar-refractivity contribution in [3.63, 3.8) is 0 Å². The van der Waals surface area contributed by atoms with Crippen molar-refractivity contribution in [3.8, 4) is 11.1 Å². The lowest BCUT2D eigenvalue weighted by atomic mass is 9.96. The predicted molar refractivity (Wildman–Crippen MR) is 99.1 cm³/mol. The third-order valence-corrected chi connectivity index (χ3v) is 4.89. The second-order valence-electron chi connectivity index (χ2n) is 6.71. The van der Waals surface area contributed by atoms with Crippen molar-refractivity contribution in [3.05, 3.63) is 59.7 Å². The fourth-order valence-corrected chi connectivity index (χ4v) is 3.59. The summed E-state index contributed by atoms with van der Waals surface area (Å²) in [6.07, 6.45) is 3.08. The van der Waals surface area contributed by atoms with E-state index in [0.717, 1.165) is 30.4 Å². The smallest absolute Gasteiger partial charge is 0.254 e. The monoisotopic (exact) mass is 336 g/mol. The molecule has 2 N–H and O–H groups in total. The number of benzene rings is 2. The summed E-state index contributed by atoms with van der Waals surface area (Å²) in [5.74, 6) is -0.361. The van der Waals surface area contributed by atoms with E-state index in [1.54, 1.807) is 0 Å². The summed E-state index contributed by atoms with van der Waals surface area (Å²) in [7, 11) is 0. The standard InChI is InChI=1S/C21H24N2O2/c1-15-7-2-3-11-19(15)16-8-6-9-17(13-16)21(25)23-12-5-4-10-18(23)14-20(22)24/h2-3,6-9,11,13,18H,4-5,10,12,14H2,1H3,(H2,22,24)/t18-/m0/s1. The van der Waals surface area contributed by atoms with Gasteiger partial charge in [-0.15, -0.1) is 0 Å². The van der Waals surface area contributed by atoms with Crippen LogP contribution in [0.2, 0.25) is 0 Å². The summed E-state index contributed by atoms with van der Waals surface area (Å²) in [5, 5.41) is 0. The summed E-state index contributed by atoms with van der Waals surface area (Å²) in [4.78, 5) is 26.2. The lowest BCUT2D eigenvalue weighted by molar-refractivity contribution is -0.119. The summed E-state index contributed by atoms with van der Waals surface area (Å²) in [6, 6.07) is 15.8. The summed E-state index contributed by atoms with van der Waals surface area (Å²) in [6.45, 7) is 2.75. The van der Waals surface area contributed by atoms with Gasteiger partial charge in [0.05, 0.1) is 0 Å². The molecule has 2 aromatic rings. The highest BCUT2D eigenvalue weighted by Crippen LogP contribution is 2.26. The van der Waals surface area contributed by atoms with E-state index in [-0.39, 0.29) is 24.3 Å². The Morgan fingerprint density at radius 3 is 2.68 bits per heavy atom. The van der Waals surface area contributed by atoms with E-state index in [9.17, 15) is 9.59 Å². The molecule has 1 aliphatic heterocycles. The number of carbonyl (C=O) groups is 2. The van der Waals surface area contributed by atoms with Crippen molar-refractivity contribution in [1.29, 1.82) is 0 Å². The van der Waals surface area contributed by atoms with Gasteiger partial charge in [-0.1, -0.05) is 36.4 Å². The van der Waals surface area contributed by atoms with Gasteiger partial charge >= 0.3 is 0 Å². The van der Waals surface area contributed by atoms with E-state index in [0.29, 0.717) is 12.1 Å². The number of rotatable bonds is 4. The summed E-state index contributed by atoms with van der Waals surface area (Å²) in [5.41, 5.74) is 9.37. The molecule has 4 heteroatoms. The van der Waals surface area contributed by atoms with Gasteiger partial charge in [-0.2, -0.15) is 0 Å². The van der Waals surface area contributed by atoms with Gasteiger partial charge in [0, 0.05) is 24.6 Å². The molecule has 130 valence electrons. The molecule has 0 aliphatic carbocycles. The van der Waals surface area contributed by atoms with Crippen molar-refractivity contribution in [2.24, 2.45) is 5.73 Å². The Balaban J connectivity index is 1.88. The van der Waals surface area contributed by atoms with Crippen LogP contribution in [0.25, 0.3) is 11.1 Å². The van der Waals surface area contributed by atoms with Gasteiger partial charge < -0.3 is 10.6 Å². The van der Waals surface area contributed by atoms with E-state index in [4.69, 9.17) is 5.73 Å². The van der Waals surface area contributed by atoms with Gasteiger partial charge in [-0.05, 0) is 55.0 Å². The van der Waals surface area contributed by atoms with Gasteiger partial charge in [0.25, 0.3) is 5.91 Å². The van der Waals surface area contributed by atoms with Crippen molar-refractivity contribution in [2.75, 3.05) is 6.54 Å². The maximum atomic E-state index is 13.0. The molecule has 0 radical (unpaired) electrons. The molecule has 1 atom stereocenters. The molecular formula is C21H24N2O2. The Labute approximate surface area is 148 Å². The second-order valence-corrected chi connectivity index (χ2v) is 6.71. The number of nitrogens with two attached hydrogens (primary N) is 1. The third-order valence-electron chi connectivity index (χ3n) is 4.89. The number of primary amides is 1. The highest BCUT2D eigenvalue weighted by atomic mass is 16.2. The molecule has 0 bridgehead atoms. The molecular weight excluding hydrogens is 312 g/mol. The molecule has 1 heterocycles. The van der Waals surface area contributed by atoms with Crippen LogP contribution in [0.3, 0.4) is 0 Å². The first kappa shape index (κ1) is 17.2. The van der Waals surface area contributed by atoms with E-state index >= 15 is 0 Å². The number of hydrogen-bond acceptors (Lipinski definition) is 2. The lowest BCUT2D eigenvalue weighted by Gasteiger charge is -2.35. The number of hydrogen-bond donors (Lipinski definition) is 1. The molecule has 2 amide bonds. The minimum Gasteiger partial charge on any atom is -0.370 e. The topological polar surface area (TPSA) is 63.4 Å². The highest BCUT2D eigenvalue weighted by molar-refractivity contribution is 5.96. The zero-order valence-corrected chi connectivity index (χ0v) is 14.6. The number of aryl methyl sites for hydroxylation is 1. The first-order valence-electron chi connectivity index (χ1n) is 8.81. The Kier molecular flexibility index (Phi) is 5.17. The average Bonchev–Trinajstić information content (AvgIpc) is 2.62. The van der Waals surface area contributed by atoms with Crippen molar-refractivity contribution >= 4 is 11.8 Å². The van der Waals surface area contributed by atoms with Gasteiger partial charge in [0.1, 0.15) is 0 Å². The maximum absolute atomic E-state index is 13.0. The average molecular weight is 336 g/mol. The number of carbonyl (C=O) groups excluding carboxylic acids is 2. The molecule has 0 saturated carbocycles. The number of piperidine rings is 1. The molecule has 0 aromatic heterocycles. The lowest BCUT2D eigenvalue weighted by Crippen LogP contribution is -2.45. The molecule has 1 fully saturated rings. The fraction of sp³-hybridized carbons (Fsp3) is 0.333. The molecule has 2 aromatic carbocycles.